The second-order valence-corrected chi connectivity index (χ2v) is 5.14. The van der Waals surface area contributed by atoms with Crippen LogP contribution in [0.4, 0.5) is 4.39 Å². The molecule has 0 spiro atoms. The lowest BCUT2D eigenvalue weighted by atomic mass is 9.71. The highest BCUT2D eigenvalue weighted by Crippen LogP contribution is 2.35. The summed E-state index contributed by atoms with van der Waals surface area (Å²) in [6.07, 6.45) is 3.22. The molecule has 1 N–H and O–H groups in total. The summed E-state index contributed by atoms with van der Waals surface area (Å²) in [5, 5.41) is 3.38. The van der Waals surface area contributed by atoms with E-state index >= 15 is 0 Å². The zero-order chi connectivity index (χ0) is 13.7. The van der Waals surface area contributed by atoms with E-state index in [0.717, 1.165) is 37.9 Å². The van der Waals surface area contributed by atoms with Crippen molar-refractivity contribution in [1.82, 2.24) is 5.32 Å². The first kappa shape index (κ1) is 14.0. The number of hydrogen-bond acceptors (Lipinski definition) is 3. The molecule has 1 aromatic rings. The SMILES string of the molecule is COC(=O)CCC1(c2ccc(F)cc2)CCCNC1. The van der Waals surface area contributed by atoms with Crippen LogP contribution >= 0.6 is 0 Å². The van der Waals surface area contributed by atoms with Gasteiger partial charge in [-0.15, -0.1) is 0 Å². The molecule has 1 aromatic carbocycles. The molecule has 1 atom stereocenters. The maximum Gasteiger partial charge on any atom is 0.305 e. The first-order chi connectivity index (χ1) is 9.16. The Bertz CT molecular complexity index is 424. The number of esters is 1. The number of ether oxygens (including phenoxy) is 1. The molecule has 1 aliphatic rings. The molecule has 19 heavy (non-hydrogen) atoms. The highest BCUT2D eigenvalue weighted by atomic mass is 19.1. The number of hydrogen-bond donors (Lipinski definition) is 1. The molecule has 0 saturated carbocycles. The van der Waals surface area contributed by atoms with E-state index in [4.69, 9.17) is 4.74 Å². The van der Waals surface area contributed by atoms with Gasteiger partial charge in [0.15, 0.2) is 0 Å². The third-order valence-electron chi connectivity index (χ3n) is 3.96. The highest BCUT2D eigenvalue weighted by Gasteiger charge is 2.34. The number of nitrogens with one attached hydrogen (secondary N) is 1. The van der Waals surface area contributed by atoms with E-state index in [9.17, 15) is 9.18 Å². The summed E-state index contributed by atoms with van der Waals surface area (Å²) in [6.45, 7) is 1.83. The third kappa shape index (κ3) is 3.32. The number of piperidine rings is 1. The lowest BCUT2D eigenvalue weighted by Crippen LogP contribution is -2.43. The van der Waals surface area contributed by atoms with E-state index in [-0.39, 0.29) is 17.2 Å². The average Bonchev–Trinajstić information content (AvgIpc) is 2.46. The van der Waals surface area contributed by atoms with Gasteiger partial charge in [0.1, 0.15) is 5.82 Å². The van der Waals surface area contributed by atoms with Gasteiger partial charge in [0.2, 0.25) is 0 Å². The molecule has 1 unspecified atom stereocenters. The van der Waals surface area contributed by atoms with Crippen molar-refractivity contribution in [1.29, 1.82) is 0 Å². The van der Waals surface area contributed by atoms with Crippen LogP contribution in [0.15, 0.2) is 24.3 Å². The fourth-order valence-corrected chi connectivity index (χ4v) is 2.82. The molecule has 1 heterocycles. The zero-order valence-electron chi connectivity index (χ0n) is 11.2. The van der Waals surface area contributed by atoms with E-state index in [1.165, 1.54) is 19.2 Å². The van der Waals surface area contributed by atoms with E-state index in [1.54, 1.807) is 0 Å². The molecule has 1 fully saturated rings. The van der Waals surface area contributed by atoms with Crippen LogP contribution in [0.5, 0.6) is 0 Å². The molecule has 0 amide bonds. The van der Waals surface area contributed by atoms with Gasteiger partial charge in [-0.1, -0.05) is 12.1 Å². The Morgan fingerprint density at radius 1 is 1.42 bits per heavy atom. The summed E-state index contributed by atoms with van der Waals surface area (Å²) in [7, 11) is 1.41. The molecule has 104 valence electrons. The summed E-state index contributed by atoms with van der Waals surface area (Å²) in [5.41, 5.74) is 1.02. The smallest absolute Gasteiger partial charge is 0.305 e. The molecule has 0 bridgehead atoms. The quantitative estimate of drug-likeness (QED) is 0.850. The van der Waals surface area contributed by atoms with E-state index < -0.39 is 0 Å². The Morgan fingerprint density at radius 3 is 2.74 bits per heavy atom. The largest absolute Gasteiger partial charge is 0.469 e. The molecule has 4 heteroatoms. The number of benzene rings is 1. The van der Waals surface area contributed by atoms with Crippen molar-refractivity contribution in [3.8, 4) is 0 Å². The van der Waals surface area contributed by atoms with E-state index in [0.29, 0.717) is 6.42 Å². The minimum atomic E-state index is -0.226. The highest BCUT2D eigenvalue weighted by molar-refractivity contribution is 5.69. The average molecular weight is 265 g/mol. The number of carbonyl (C=O) groups is 1. The minimum Gasteiger partial charge on any atom is -0.469 e. The monoisotopic (exact) mass is 265 g/mol. The van der Waals surface area contributed by atoms with Crippen molar-refractivity contribution < 1.29 is 13.9 Å². The Kier molecular flexibility index (Phi) is 4.53. The molecule has 2 rings (SSSR count). The van der Waals surface area contributed by atoms with E-state index in [1.807, 2.05) is 12.1 Å². The topological polar surface area (TPSA) is 38.3 Å². The summed E-state index contributed by atoms with van der Waals surface area (Å²) in [5.74, 6) is -0.414. The van der Waals surface area contributed by atoms with Gasteiger partial charge in [-0.25, -0.2) is 4.39 Å². The second kappa shape index (κ2) is 6.15. The number of methoxy groups -OCH3 is 1. The van der Waals surface area contributed by atoms with Crippen LogP contribution in [-0.4, -0.2) is 26.2 Å². The van der Waals surface area contributed by atoms with Gasteiger partial charge in [-0.3, -0.25) is 4.79 Å². The van der Waals surface area contributed by atoms with Crippen LogP contribution in [0.3, 0.4) is 0 Å². The molecule has 0 aliphatic carbocycles. The number of carbonyl (C=O) groups excluding carboxylic acids is 1. The van der Waals surface area contributed by atoms with Crippen LogP contribution in [-0.2, 0) is 14.9 Å². The Labute approximate surface area is 113 Å². The Hall–Kier alpha value is -1.42. The molecular formula is C15H20FNO2. The van der Waals surface area contributed by atoms with E-state index in [2.05, 4.69) is 5.32 Å². The fraction of sp³-hybridized carbons (Fsp3) is 0.533. The van der Waals surface area contributed by atoms with Gasteiger partial charge in [-0.05, 0) is 43.5 Å². The standard InChI is InChI=1S/C15H20FNO2/c1-19-14(18)7-9-15(8-2-10-17-11-15)12-3-5-13(16)6-4-12/h3-6,17H,2,7-11H2,1H3. The summed E-state index contributed by atoms with van der Waals surface area (Å²) >= 11 is 0. The van der Waals surface area contributed by atoms with Crippen molar-refractivity contribution in [3.63, 3.8) is 0 Å². The number of halogens is 1. The van der Waals surface area contributed by atoms with Crippen molar-refractivity contribution in [2.24, 2.45) is 0 Å². The Morgan fingerprint density at radius 2 is 2.16 bits per heavy atom. The molecule has 3 nitrogen and oxygen atoms in total. The van der Waals surface area contributed by atoms with Gasteiger partial charge in [0.25, 0.3) is 0 Å². The summed E-state index contributed by atoms with van der Waals surface area (Å²) in [4.78, 5) is 11.4. The molecule has 0 aromatic heterocycles. The van der Waals surface area contributed by atoms with Gasteiger partial charge >= 0.3 is 5.97 Å². The maximum absolute atomic E-state index is 13.1. The predicted molar refractivity (Wildman–Crippen MR) is 71.4 cm³/mol. The predicted octanol–water partition coefficient (Wildman–Crippen LogP) is 2.40. The summed E-state index contributed by atoms with van der Waals surface area (Å²) < 4.78 is 17.8. The molecule has 1 aliphatic heterocycles. The normalized spacial score (nSPS) is 23.1. The zero-order valence-corrected chi connectivity index (χ0v) is 11.2. The van der Waals surface area contributed by atoms with Crippen LogP contribution in [0.1, 0.15) is 31.2 Å². The Balaban J connectivity index is 2.18. The first-order valence-electron chi connectivity index (χ1n) is 6.70. The fourth-order valence-electron chi connectivity index (χ4n) is 2.82. The van der Waals surface area contributed by atoms with Crippen LogP contribution in [0.2, 0.25) is 0 Å². The van der Waals surface area contributed by atoms with Crippen molar-refractivity contribution in [2.75, 3.05) is 20.2 Å². The van der Waals surface area contributed by atoms with Gasteiger partial charge in [0.05, 0.1) is 7.11 Å². The second-order valence-electron chi connectivity index (χ2n) is 5.14. The van der Waals surface area contributed by atoms with Gasteiger partial charge in [0, 0.05) is 18.4 Å². The van der Waals surface area contributed by atoms with Gasteiger partial charge < -0.3 is 10.1 Å². The lowest BCUT2D eigenvalue weighted by molar-refractivity contribution is -0.141. The molecular weight excluding hydrogens is 245 g/mol. The van der Waals surface area contributed by atoms with Crippen LogP contribution in [0, 0.1) is 5.82 Å². The van der Waals surface area contributed by atoms with Gasteiger partial charge in [-0.2, -0.15) is 0 Å². The van der Waals surface area contributed by atoms with Crippen LogP contribution < -0.4 is 5.32 Å². The molecule has 0 radical (unpaired) electrons. The number of rotatable bonds is 4. The molecule has 1 saturated heterocycles. The lowest BCUT2D eigenvalue weighted by Gasteiger charge is -2.38. The first-order valence-corrected chi connectivity index (χ1v) is 6.70. The third-order valence-corrected chi connectivity index (χ3v) is 3.96. The summed E-state index contributed by atoms with van der Waals surface area (Å²) in [6, 6.07) is 6.65. The minimum absolute atomic E-state index is 0.0832. The maximum atomic E-state index is 13.1. The van der Waals surface area contributed by atoms with Crippen molar-refractivity contribution in [3.05, 3.63) is 35.6 Å². The van der Waals surface area contributed by atoms with Crippen molar-refractivity contribution >= 4 is 5.97 Å². The van der Waals surface area contributed by atoms with Crippen LogP contribution in [0.25, 0.3) is 0 Å². The van der Waals surface area contributed by atoms with Crippen molar-refractivity contribution in [2.45, 2.75) is 31.1 Å².